The Hall–Kier alpha value is -3.47. The van der Waals surface area contributed by atoms with E-state index in [2.05, 4.69) is 32.1 Å². The van der Waals surface area contributed by atoms with Crippen LogP contribution in [0.2, 0.25) is 0 Å². The number of aliphatic hydroxyl groups is 2. The van der Waals surface area contributed by atoms with Crippen LogP contribution in [0.15, 0.2) is 6.33 Å². The molecule has 0 aromatic carbocycles. The maximum absolute atomic E-state index is 12.3. The van der Waals surface area contributed by atoms with Gasteiger partial charge in [-0.3, -0.25) is 9.36 Å². The van der Waals surface area contributed by atoms with E-state index in [1.54, 1.807) is 11.8 Å². The van der Waals surface area contributed by atoms with Gasteiger partial charge in [-0.25, -0.2) is 19.7 Å². The second kappa shape index (κ2) is 13.9. The van der Waals surface area contributed by atoms with E-state index in [1.165, 1.54) is 17.3 Å². The molecule has 4 atom stereocenters. The molecular weight excluding hydrogens is 530 g/mol. The Bertz CT molecular complexity index is 1260. The number of aromatic nitrogens is 4. The van der Waals surface area contributed by atoms with E-state index in [-0.39, 0.29) is 23.4 Å². The molecule has 2 aromatic heterocycles. The second-order valence-corrected chi connectivity index (χ2v) is 10.4. The van der Waals surface area contributed by atoms with Gasteiger partial charge in [0.2, 0.25) is 5.82 Å². The third-order valence-corrected chi connectivity index (χ3v) is 7.70. The number of amides is 2. The predicted octanol–water partition coefficient (Wildman–Crippen LogP) is 1.58. The van der Waals surface area contributed by atoms with Gasteiger partial charge in [0.1, 0.15) is 17.7 Å². The molecule has 0 spiro atoms. The molecule has 2 saturated heterocycles. The number of hydrogen-bond acceptors (Lipinski definition) is 10. The maximum atomic E-state index is 12.3. The molecular formula is C28H41N7O6. The van der Waals surface area contributed by atoms with Crippen LogP contribution in [0, 0.1) is 23.7 Å². The Balaban J connectivity index is 0.00000189. The summed E-state index contributed by atoms with van der Waals surface area (Å²) in [5, 5.41) is 23.5. The number of hydrogen-bond donors (Lipinski definition) is 4. The SMILES string of the molecule is CC.CCNC(=O)[C@H]1O[C@@H](n2cnc3c(N)nc(C#CCC4CCN(C(=O)OCC5CCC5)CC4)nc32)[C@@H](O)C1O. The van der Waals surface area contributed by atoms with Crippen molar-refractivity contribution in [3.63, 3.8) is 0 Å². The van der Waals surface area contributed by atoms with E-state index in [9.17, 15) is 19.8 Å². The van der Waals surface area contributed by atoms with Crippen molar-refractivity contribution in [3.8, 4) is 11.8 Å². The van der Waals surface area contributed by atoms with E-state index in [1.807, 2.05) is 13.8 Å². The van der Waals surface area contributed by atoms with Gasteiger partial charge in [-0.05, 0) is 50.4 Å². The summed E-state index contributed by atoms with van der Waals surface area (Å²) in [6.07, 6.45) is 1.84. The highest BCUT2D eigenvalue weighted by Gasteiger charge is 2.47. The van der Waals surface area contributed by atoms with Crippen LogP contribution in [0.5, 0.6) is 0 Å². The number of carbonyl (C=O) groups excluding carboxylic acids is 2. The molecule has 2 aliphatic heterocycles. The third-order valence-electron chi connectivity index (χ3n) is 7.70. The number of nitrogens with one attached hydrogen (secondary N) is 1. The number of nitrogens with zero attached hydrogens (tertiary/aromatic N) is 5. The molecule has 1 aliphatic carbocycles. The molecule has 41 heavy (non-hydrogen) atoms. The zero-order chi connectivity index (χ0) is 29.5. The lowest BCUT2D eigenvalue weighted by molar-refractivity contribution is -0.137. The van der Waals surface area contributed by atoms with Crippen LogP contribution in [0.3, 0.4) is 0 Å². The Morgan fingerprint density at radius 2 is 1.88 bits per heavy atom. The highest BCUT2D eigenvalue weighted by Crippen LogP contribution is 2.32. The Morgan fingerprint density at radius 3 is 2.54 bits per heavy atom. The molecule has 1 unspecified atom stereocenters. The normalized spacial score (nSPS) is 24.6. The number of carbonyl (C=O) groups is 2. The number of piperidine rings is 1. The van der Waals surface area contributed by atoms with Gasteiger partial charge < -0.3 is 35.6 Å². The number of likely N-dealkylation sites (N-methyl/N-ethyl adjacent to an activating group) is 1. The average molecular weight is 572 g/mol. The van der Waals surface area contributed by atoms with Crippen LogP contribution >= 0.6 is 0 Å². The quantitative estimate of drug-likeness (QED) is 0.372. The highest BCUT2D eigenvalue weighted by molar-refractivity contribution is 5.83. The summed E-state index contributed by atoms with van der Waals surface area (Å²) >= 11 is 0. The largest absolute Gasteiger partial charge is 0.449 e. The molecule has 13 nitrogen and oxygen atoms in total. The number of rotatable bonds is 6. The van der Waals surface area contributed by atoms with Crippen LogP contribution in [0.4, 0.5) is 10.6 Å². The fourth-order valence-corrected chi connectivity index (χ4v) is 5.10. The smallest absolute Gasteiger partial charge is 0.409 e. The zero-order valence-corrected chi connectivity index (χ0v) is 24.0. The van der Waals surface area contributed by atoms with Crippen molar-refractivity contribution in [2.45, 2.75) is 83.8 Å². The van der Waals surface area contributed by atoms with Gasteiger partial charge in [0.25, 0.3) is 5.91 Å². The predicted molar refractivity (Wildman–Crippen MR) is 150 cm³/mol. The summed E-state index contributed by atoms with van der Waals surface area (Å²) in [5.74, 6) is 6.74. The minimum atomic E-state index is -1.42. The fourth-order valence-electron chi connectivity index (χ4n) is 5.10. The summed E-state index contributed by atoms with van der Waals surface area (Å²) in [7, 11) is 0. The minimum absolute atomic E-state index is 0.116. The molecule has 13 heteroatoms. The average Bonchev–Trinajstić information content (AvgIpc) is 3.50. The minimum Gasteiger partial charge on any atom is -0.449 e. The lowest BCUT2D eigenvalue weighted by Crippen LogP contribution is -2.42. The third kappa shape index (κ3) is 6.89. The van der Waals surface area contributed by atoms with Crippen molar-refractivity contribution < 1.29 is 29.3 Å². The molecule has 5 N–H and O–H groups in total. The standard InChI is InChI=1S/C26H35N7O6.C2H6/c1-2-28-24(36)21-19(34)20(35)25(39-21)33-14-29-18-22(27)30-17(31-23(18)33)8-4-5-15-9-11-32(12-10-15)26(37)38-13-16-6-3-7-16;1-2/h14-16,19-21,25,34-35H,2-3,5-7,9-13H2,1H3,(H,28,36)(H2,27,30,31);1-2H3/t19?,20-,21-,25+;/m0./s1. The van der Waals surface area contributed by atoms with Crippen molar-refractivity contribution in [2.75, 3.05) is 32.0 Å². The number of likely N-dealkylation sites (tertiary alicyclic amines) is 1. The van der Waals surface area contributed by atoms with Crippen LogP contribution in [0.1, 0.15) is 71.3 Å². The van der Waals surface area contributed by atoms with Gasteiger partial charge >= 0.3 is 6.09 Å². The van der Waals surface area contributed by atoms with Gasteiger partial charge in [0.05, 0.1) is 12.9 Å². The Kier molecular flexibility index (Phi) is 10.4. The van der Waals surface area contributed by atoms with E-state index >= 15 is 0 Å². The second-order valence-electron chi connectivity index (χ2n) is 10.4. The summed E-state index contributed by atoms with van der Waals surface area (Å²) < 4.78 is 12.6. The van der Waals surface area contributed by atoms with Gasteiger partial charge in [-0.2, -0.15) is 0 Å². The number of imidazole rings is 1. The topological polar surface area (TPSA) is 178 Å². The number of aliphatic hydroxyl groups excluding tert-OH is 2. The molecule has 2 amide bonds. The lowest BCUT2D eigenvalue weighted by atomic mass is 9.86. The van der Waals surface area contributed by atoms with Crippen LogP contribution in [-0.2, 0) is 14.3 Å². The lowest BCUT2D eigenvalue weighted by Gasteiger charge is -2.32. The number of anilines is 1. The molecule has 3 aliphatic rings. The molecule has 224 valence electrons. The number of nitrogens with two attached hydrogens (primary N) is 1. The van der Waals surface area contributed by atoms with Crippen LogP contribution < -0.4 is 11.1 Å². The van der Waals surface area contributed by atoms with Crippen molar-refractivity contribution >= 4 is 29.0 Å². The number of ether oxygens (including phenoxy) is 2. The maximum Gasteiger partial charge on any atom is 0.409 e. The molecule has 1 saturated carbocycles. The molecule has 0 radical (unpaired) electrons. The van der Waals surface area contributed by atoms with Crippen molar-refractivity contribution in [3.05, 3.63) is 12.2 Å². The van der Waals surface area contributed by atoms with Gasteiger partial charge in [-0.1, -0.05) is 26.2 Å². The first-order chi connectivity index (χ1) is 19.9. The van der Waals surface area contributed by atoms with Gasteiger partial charge in [0.15, 0.2) is 23.8 Å². The van der Waals surface area contributed by atoms with Gasteiger partial charge in [-0.15, -0.1) is 0 Å². The van der Waals surface area contributed by atoms with E-state index in [4.69, 9.17) is 15.2 Å². The van der Waals surface area contributed by atoms with Crippen molar-refractivity contribution in [2.24, 2.45) is 11.8 Å². The van der Waals surface area contributed by atoms with E-state index < -0.39 is 30.4 Å². The summed E-state index contributed by atoms with van der Waals surface area (Å²) in [5.41, 5.74) is 6.67. The molecule has 4 heterocycles. The summed E-state index contributed by atoms with van der Waals surface area (Å²) in [4.78, 5) is 39.2. The Labute approximate surface area is 239 Å². The zero-order valence-electron chi connectivity index (χ0n) is 24.0. The Morgan fingerprint density at radius 1 is 1.15 bits per heavy atom. The number of nitrogen functional groups attached to an aromatic ring is 1. The monoisotopic (exact) mass is 571 g/mol. The molecule has 5 rings (SSSR count). The number of fused-ring (bicyclic) bond motifs is 1. The first-order valence-corrected chi connectivity index (χ1v) is 14.6. The highest BCUT2D eigenvalue weighted by atomic mass is 16.6. The van der Waals surface area contributed by atoms with Gasteiger partial charge in [0, 0.05) is 26.1 Å². The van der Waals surface area contributed by atoms with E-state index in [0.29, 0.717) is 50.0 Å². The fraction of sp³-hybridized carbons (Fsp3) is 0.679. The first kappa shape index (κ1) is 30.5. The molecule has 0 bridgehead atoms. The molecule has 2 aromatic rings. The van der Waals surface area contributed by atoms with Crippen molar-refractivity contribution in [1.29, 1.82) is 0 Å². The first-order valence-electron chi connectivity index (χ1n) is 14.6. The summed E-state index contributed by atoms with van der Waals surface area (Å²) in [6, 6.07) is 0. The van der Waals surface area contributed by atoms with E-state index in [0.717, 1.165) is 25.7 Å². The summed E-state index contributed by atoms with van der Waals surface area (Å²) in [6.45, 7) is 7.93. The molecule has 3 fully saturated rings. The van der Waals surface area contributed by atoms with Crippen LogP contribution in [-0.4, -0.2) is 91.2 Å². The van der Waals surface area contributed by atoms with Crippen LogP contribution in [0.25, 0.3) is 11.2 Å². The van der Waals surface area contributed by atoms with Crippen molar-refractivity contribution in [1.82, 2.24) is 29.7 Å².